The number of ether oxygens (including phenoxy) is 1. The molecule has 0 saturated carbocycles. The van der Waals surface area contributed by atoms with Gasteiger partial charge in [0.25, 0.3) is 13.1 Å². The van der Waals surface area contributed by atoms with E-state index in [0.29, 0.717) is 6.61 Å². The lowest BCUT2D eigenvalue weighted by molar-refractivity contribution is 0.171. The molecule has 0 unspecified atom stereocenters. The molecule has 0 amide bonds. The van der Waals surface area contributed by atoms with Gasteiger partial charge in [0.1, 0.15) is 0 Å². The summed E-state index contributed by atoms with van der Waals surface area (Å²) in [6.45, 7) is 2.58. The molecule has 1 radical (unpaired) electrons. The Morgan fingerprint density at radius 1 is 1.36 bits per heavy atom. The number of benzene rings is 1. The van der Waals surface area contributed by atoms with Crippen LogP contribution in [-0.4, -0.2) is 19.8 Å². The van der Waals surface area contributed by atoms with Crippen LogP contribution in [0.5, 0.6) is 0 Å². The Morgan fingerprint density at radius 3 is 2.71 bits per heavy atom. The number of hydrogen-bond acceptors (Lipinski definition) is 2. The molecule has 0 spiro atoms. The minimum absolute atomic E-state index is 0.260. The minimum Gasteiger partial charge on any atom is -0.474 e. The van der Waals surface area contributed by atoms with Gasteiger partial charge in [-0.2, -0.15) is 0 Å². The number of carbonyl (C=O) groups excluding carboxylic acids is 1. The van der Waals surface area contributed by atoms with E-state index in [9.17, 15) is 4.79 Å². The molecule has 0 bridgehead atoms. The molecule has 0 saturated heterocycles. The fraction of sp³-hybridized carbons (Fsp3) is 0.364. The molecule has 1 aromatic rings. The third-order valence-corrected chi connectivity index (χ3v) is 1.83. The Bertz CT molecular complexity index is 272. The summed E-state index contributed by atoms with van der Waals surface area (Å²) in [6, 6.07) is 9.46. The largest absolute Gasteiger partial charge is 0.474 e. The summed E-state index contributed by atoms with van der Waals surface area (Å²) in [6.07, 6.45) is 1.97. The third kappa shape index (κ3) is 4.12. The molecular weight excluding hydrogens is 175 g/mol. The molecular formula is C11H14BO2. The lowest BCUT2D eigenvalue weighted by Crippen LogP contribution is -2.24. The lowest BCUT2D eigenvalue weighted by atomic mass is 9.71. The van der Waals surface area contributed by atoms with Crippen molar-refractivity contribution < 1.29 is 9.53 Å². The molecule has 0 atom stereocenters. The van der Waals surface area contributed by atoms with Gasteiger partial charge in [0.05, 0.1) is 6.61 Å². The Morgan fingerprint density at radius 2 is 2.07 bits per heavy atom. The summed E-state index contributed by atoms with van der Waals surface area (Å²) in [7, 11) is 1.51. The zero-order valence-electron chi connectivity index (χ0n) is 8.40. The SMILES string of the molecule is CCCCOC(=O)[B]c1ccccc1. The second-order valence-electron chi connectivity index (χ2n) is 3.08. The van der Waals surface area contributed by atoms with Crippen LogP contribution in [0.2, 0.25) is 0 Å². The normalized spacial score (nSPS) is 9.50. The van der Waals surface area contributed by atoms with Crippen molar-refractivity contribution in [1.82, 2.24) is 0 Å². The maximum absolute atomic E-state index is 11.2. The van der Waals surface area contributed by atoms with E-state index in [1.165, 1.54) is 7.28 Å². The maximum atomic E-state index is 11.2. The summed E-state index contributed by atoms with van der Waals surface area (Å²) in [4.78, 5) is 11.2. The molecule has 2 nitrogen and oxygen atoms in total. The van der Waals surface area contributed by atoms with E-state index in [0.717, 1.165) is 18.3 Å². The molecule has 73 valence electrons. The first-order valence-electron chi connectivity index (χ1n) is 4.89. The summed E-state index contributed by atoms with van der Waals surface area (Å²) in [5, 5.41) is 0. The van der Waals surface area contributed by atoms with Gasteiger partial charge in [0, 0.05) is 0 Å². The Balaban J connectivity index is 2.27. The quantitative estimate of drug-likeness (QED) is 0.522. The van der Waals surface area contributed by atoms with Crippen LogP contribution >= 0.6 is 0 Å². The van der Waals surface area contributed by atoms with Gasteiger partial charge in [-0.25, -0.2) is 0 Å². The average molecular weight is 189 g/mol. The predicted molar refractivity (Wildman–Crippen MR) is 58.1 cm³/mol. The molecule has 0 aromatic heterocycles. The van der Waals surface area contributed by atoms with Crippen LogP contribution in [0.15, 0.2) is 30.3 Å². The molecule has 3 heteroatoms. The van der Waals surface area contributed by atoms with Crippen molar-refractivity contribution in [1.29, 1.82) is 0 Å². The van der Waals surface area contributed by atoms with Crippen molar-refractivity contribution in [3.8, 4) is 0 Å². The molecule has 0 aliphatic carbocycles. The highest BCUT2D eigenvalue weighted by Crippen LogP contribution is 1.90. The van der Waals surface area contributed by atoms with Crippen molar-refractivity contribution in [2.45, 2.75) is 19.8 Å². The molecule has 1 aromatic carbocycles. The topological polar surface area (TPSA) is 26.3 Å². The minimum atomic E-state index is -0.260. The molecule has 0 aliphatic heterocycles. The van der Waals surface area contributed by atoms with Crippen molar-refractivity contribution in [2.75, 3.05) is 6.61 Å². The second-order valence-corrected chi connectivity index (χ2v) is 3.08. The monoisotopic (exact) mass is 189 g/mol. The molecule has 14 heavy (non-hydrogen) atoms. The second kappa shape index (κ2) is 6.25. The summed E-state index contributed by atoms with van der Waals surface area (Å²) >= 11 is 0. The van der Waals surface area contributed by atoms with E-state index in [-0.39, 0.29) is 5.87 Å². The first-order valence-corrected chi connectivity index (χ1v) is 4.89. The number of hydrogen-bond donors (Lipinski definition) is 0. The van der Waals surface area contributed by atoms with Crippen LogP contribution in [0.25, 0.3) is 0 Å². The molecule has 0 heterocycles. The average Bonchev–Trinajstić information content (AvgIpc) is 2.20. The van der Waals surface area contributed by atoms with E-state index in [2.05, 4.69) is 6.92 Å². The molecule has 1 rings (SSSR count). The van der Waals surface area contributed by atoms with Crippen LogP contribution in [-0.2, 0) is 4.74 Å². The van der Waals surface area contributed by atoms with Crippen LogP contribution < -0.4 is 5.46 Å². The first kappa shape index (κ1) is 10.8. The van der Waals surface area contributed by atoms with E-state index >= 15 is 0 Å². The van der Waals surface area contributed by atoms with Gasteiger partial charge in [-0.15, -0.1) is 0 Å². The van der Waals surface area contributed by atoms with Gasteiger partial charge in [0.15, 0.2) is 0 Å². The van der Waals surface area contributed by atoms with Crippen LogP contribution in [0, 0.1) is 0 Å². The zero-order valence-corrected chi connectivity index (χ0v) is 8.40. The number of unbranched alkanes of at least 4 members (excludes halogenated alkanes) is 1. The Hall–Kier alpha value is -1.25. The van der Waals surface area contributed by atoms with Gasteiger partial charge in [-0.3, -0.25) is 4.79 Å². The fourth-order valence-electron chi connectivity index (χ4n) is 1.04. The first-order chi connectivity index (χ1) is 6.83. The van der Waals surface area contributed by atoms with Crippen LogP contribution in [0.4, 0.5) is 4.79 Å². The molecule has 0 fully saturated rings. The van der Waals surface area contributed by atoms with Crippen molar-refractivity contribution in [3.63, 3.8) is 0 Å². The summed E-state index contributed by atoms with van der Waals surface area (Å²) < 4.78 is 4.99. The summed E-state index contributed by atoms with van der Waals surface area (Å²) in [5.41, 5.74) is 0.883. The van der Waals surface area contributed by atoms with Crippen LogP contribution in [0.1, 0.15) is 19.8 Å². The maximum Gasteiger partial charge on any atom is 0.299 e. The third-order valence-electron chi connectivity index (χ3n) is 1.83. The Kier molecular flexibility index (Phi) is 4.83. The highest BCUT2D eigenvalue weighted by atomic mass is 16.5. The van der Waals surface area contributed by atoms with Crippen LogP contribution in [0.3, 0.4) is 0 Å². The van der Waals surface area contributed by atoms with Gasteiger partial charge < -0.3 is 4.74 Å². The van der Waals surface area contributed by atoms with Gasteiger partial charge in [-0.05, 0) is 6.42 Å². The fourth-order valence-corrected chi connectivity index (χ4v) is 1.04. The lowest BCUT2D eigenvalue weighted by Gasteiger charge is -2.02. The van der Waals surface area contributed by atoms with E-state index in [1.807, 2.05) is 30.3 Å². The van der Waals surface area contributed by atoms with Gasteiger partial charge >= 0.3 is 0 Å². The van der Waals surface area contributed by atoms with Gasteiger partial charge in [-0.1, -0.05) is 49.1 Å². The van der Waals surface area contributed by atoms with Crippen molar-refractivity contribution >= 4 is 18.6 Å². The van der Waals surface area contributed by atoms with E-state index in [4.69, 9.17) is 4.74 Å². The Labute approximate surface area is 85.5 Å². The highest BCUT2D eigenvalue weighted by Gasteiger charge is 2.06. The molecule has 0 N–H and O–H groups in total. The smallest absolute Gasteiger partial charge is 0.299 e. The predicted octanol–water partition coefficient (Wildman–Crippen LogP) is 1.95. The van der Waals surface area contributed by atoms with Crippen molar-refractivity contribution in [3.05, 3.63) is 30.3 Å². The number of rotatable bonds is 5. The van der Waals surface area contributed by atoms with E-state index in [1.54, 1.807) is 0 Å². The standard InChI is InChI=1S/C11H14BO2/c1-2-3-9-14-11(13)12-10-7-5-4-6-8-10/h4-8H,2-3,9H2,1H3. The number of carbonyl (C=O) groups is 1. The van der Waals surface area contributed by atoms with Crippen molar-refractivity contribution in [2.24, 2.45) is 0 Å². The molecule has 0 aliphatic rings. The zero-order chi connectivity index (χ0) is 10.2. The summed E-state index contributed by atoms with van der Waals surface area (Å²) in [5.74, 6) is -0.260. The van der Waals surface area contributed by atoms with Gasteiger partial charge in [0.2, 0.25) is 0 Å². The highest BCUT2D eigenvalue weighted by molar-refractivity contribution is 6.82. The van der Waals surface area contributed by atoms with E-state index < -0.39 is 0 Å².